The average Bonchev–Trinajstić information content (AvgIpc) is 2.30. The Morgan fingerprint density at radius 1 is 1.35 bits per heavy atom. The minimum absolute atomic E-state index is 0.275. The summed E-state index contributed by atoms with van der Waals surface area (Å²) in [7, 11) is 1.70. The quantitative estimate of drug-likeness (QED) is 0.872. The first-order chi connectivity index (χ1) is 8.28. The summed E-state index contributed by atoms with van der Waals surface area (Å²) in [6, 6.07) is 8.40. The van der Waals surface area contributed by atoms with E-state index < -0.39 is 0 Å². The molecule has 3 heteroatoms. The first-order valence-electron chi connectivity index (χ1n) is 6.28. The minimum Gasteiger partial charge on any atom is -0.490 e. The number of nitrogens with two attached hydrogens (primary N) is 1. The molecular weight excluding hydrogens is 214 g/mol. The number of hydrogen-bond donors (Lipinski definition) is 1. The molecule has 2 atom stereocenters. The first-order valence-corrected chi connectivity index (χ1v) is 6.28. The molecule has 0 heterocycles. The van der Waals surface area contributed by atoms with Crippen molar-refractivity contribution in [1.29, 1.82) is 0 Å². The zero-order valence-electron chi connectivity index (χ0n) is 10.4. The maximum Gasteiger partial charge on any atom is 0.120 e. The lowest BCUT2D eigenvalue weighted by molar-refractivity contribution is 0.143. The second-order valence-corrected chi connectivity index (χ2v) is 4.75. The van der Waals surface area contributed by atoms with Crippen LogP contribution >= 0.6 is 0 Å². The van der Waals surface area contributed by atoms with Crippen molar-refractivity contribution < 1.29 is 9.47 Å². The third kappa shape index (κ3) is 3.72. The molecule has 1 saturated carbocycles. The van der Waals surface area contributed by atoms with Crippen LogP contribution in [0.2, 0.25) is 0 Å². The third-order valence-electron chi connectivity index (χ3n) is 3.18. The number of benzene rings is 1. The highest BCUT2D eigenvalue weighted by atomic mass is 16.5. The second kappa shape index (κ2) is 6.03. The molecule has 1 aromatic carbocycles. The summed E-state index contributed by atoms with van der Waals surface area (Å²) in [6.07, 6.45) is 4.65. The SMILES string of the molecule is COCc1cccc(OC2CCCC(N)C2)c1. The van der Waals surface area contributed by atoms with Gasteiger partial charge in [-0.25, -0.2) is 0 Å². The Bertz CT molecular complexity index is 354. The molecule has 1 aromatic rings. The van der Waals surface area contributed by atoms with Gasteiger partial charge in [-0.15, -0.1) is 0 Å². The molecule has 2 N–H and O–H groups in total. The monoisotopic (exact) mass is 235 g/mol. The van der Waals surface area contributed by atoms with E-state index in [9.17, 15) is 0 Å². The molecule has 0 spiro atoms. The summed E-state index contributed by atoms with van der Waals surface area (Å²) in [5.74, 6) is 0.929. The van der Waals surface area contributed by atoms with E-state index in [1.165, 1.54) is 6.42 Å². The molecular formula is C14H21NO2. The molecule has 1 aliphatic rings. The summed E-state index contributed by atoms with van der Waals surface area (Å²) >= 11 is 0. The van der Waals surface area contributed by atoms with Gasteiger partial charge < -0.3 is 15.2 Å². The molecule has 0 aromatic heterocycles. The van der Waals surface area contributed by atoms with E-state index in [0.29, 0.717) is 12.6 Å². The zero-order chi connectivity index (χ0) is 12.1. The summed E-state index contributed by atoms with van der Waals surface area (Å²) in [5, 5.41) is 0. The summed E-state index contributed by atoms with van der Waals surface area (Å²) in [5.41, 5.74) is 7.10. The van der Waals surface area contributed by atoms with Gasteiger partial charge in [0.25, 0.3) is 0 Å². The van der Waals surface area contributed by atoms with E-state index in [1.54, 1.807) is 7.11 Å². The van der Waals surface area contributed by atoms with Crippen LogP contribution in [0, 0.1) is 0 Å². The van der Waals surface area contributed by atoms with Crippen LogP contribution in [-0.2, 0) is 11.3 Å². The maximum atomic E-state index is 5.98. The van der Waals surface area contributed by atoms with E-state index in [2.05, 4.69) is 0 Å². The van der Waals surface area contributed by atoms with E-state index in [0.717, 1.165) is 30.6 Å². The van der Waals surface area contributed by atoms with Gasteiger partial charge in [-0.05, 0) is 43.4 Å². The molecule has 0 amide bonds. The molecule has 0 saturated heterocycles. The van der Waals surface area contributed by atoms with Crippen LogP contribution in [0.3, 0.4) is 0 Å². The molecule has 1 aliphatic carbocycles. The summed E-state index contributed by atoms with van der Waals surface area (Å²) < 4.78 is 11.1. The van der Waals surface area contributed by atoms with Crippen molar-refractivity contribution in [3.63, 3.8) is 0 Å². The van der Waals surface area contributed by atoms with E-state index in [1.807, 2.05) is 24.3 Å². The van der Waals surface area contributed by atoms with Crippen LogP contribution in [0.5, 0.6) is 5.75 Å². The Morgan fingerprint density at radius 3 is 3.00 bits per heavy atom. The lowest BCUT2D eigenvalue weighted by Crippen LogP contribution is -2.33. The molecule has 17 heavy (non-hydrogen) atoms. The fraction of sp³-hybridized carbons (Fsp3) is 0.571. The molecule has 1 fully saturated rings. The highest BCUT2D eigenvalue weighted by Crippen LogP contribution is 2.23. The molecule has 2 unspecified atom stereocenters. The van der Waals surface area contributed by atoms with Crippen molar-refractivity contribution in [2.75, 3.05) is 7.11 Å². The number of hydrogen-bond acceptors (Lipinski definition) is 3. The Labute approximate surface area is 103 Å². The standard InChI is InChI=1S/C14H21NO2/c1-16-10-11-4-2-6-13(8-11)17-14-7-3-5-12(15)9-14/h2,4,6,8,12,14H,3,5,7,9-10,15H2,1H3. The van der Waals surface area contributed by atoms with Gasteiger partial charge in [0.2, 0.25) is 0 Å². The maximum absolute atomic E-state index is 5.98. The van der Waals surface area contributed by atoms with E-state index in [4.69, 9.17) is 15.2 Å². The van der Waals surface area contributed by atoms with Gasteiger partial charge in [0.15, 0.2) is 0 Å². The Morgan fingerprint density at radius 2 is 2.24 bits per heavy atom. The highest BCUT2D eigenvalue weighted by Gasteiger charge is 2.20. The van der Waals surface area contributed by atoms with E-state index >= 15 is 0 Å². The van der Waals surface area contributed by atoms with Crippen LogP contribution in [0.15, 0.2) is 24.3 Å². The van der Waals surface area contributed by atoms with Crippen LogP contribution in [0.4, 0.5) is 0 Å². The first kappa shape index (κ1) is 12.4. The van der Waals surface area contributed by atoms with Crippen molar-refractivity contribution in [2.45, 2.75) is 44.4 Å². The van der Waals surface area contributed by atoms with Crippen LogP contribution in [-0.4, -0.2) is 19.3 Å². The van der Waals surface area contributed by atoms with Crippen LogP contribution in [0.1, 0.15) is 31.2 Å². The largest absolute Gasteiger partial charge is 0.490 e. The van der Waals surface area contributed by atoms with Crippen LogP contribution in [0.25, 0.3) is 0 Å². The summed E-state index contributed by atoms with van der Waals surface area (Å²) in [4.78, 5) is 0. The fourth-order valence-corrected chi connectivity index (χ4v) is 2.36. The van der Waals surface area contributed by atoms with Gasteiger partial charge in [0, 0.05) is 13.2 Å². The molecule has 3 nitrogen and oxygen atoms in total. The van der Waals surface area contributed by atoms with Gasteiger partial charge in [-0.1, -0.05) is 12.1 Å². The van der Waals surface area contributed by atoms with E-state index in [-0.39, 0.29) is 6.10 Å². The number of rotatable bonds is 4. The number of methoxy groups -OCH3 is 1. The predicted molar refractivity (Wildman–Crippen MR) is 68.0 cm³/mol. The smallest absolute Gasteiger partial charge is 0.120 e. The van der Waals surface area contributed by atoms with Crippen molar-refractivity contribution >= 4 is 0 Å². The molecule has 2 rings (SSSR count). The normalized spacial score (nSPS) is 24.6. The Hall–Kier alpha value is -1.06. The molecule has 94 valence electrons. The lowest BCUT2D eigenvalue weighted by Gasteiger charge is -2.27. The third-order valence-corrected chi connectivity index (χ3v) is 3.18. The van der Waals surface area contributed by atoms with Crippen molar-refractivity contribution in [3.8, 4) is 5.75 Å². The van der Waals surface area contributed by atoms with Crippen molar-refractivity contribution in [2.24, 2.45) is 5.73 Å². The van der Waals surface area contributed by atoms with Crippen LogP contribution < -0.4 is 10.5 Å². The molecule has 0 radical (unpaired) electrons. The van der Waals surface area contributed by atoms with Gasteiger partial charge in [-0.3, -0.25) is 0 Å². The Kier molecular flexibility index (Phi) is 4.40. The zero-order valence-corrected chi connectivity index (χ0v) is 10.4. The van der Waals surface area contributed by atoms with Crippen molar-refractivity contribution in [1.82, 2.24) is 0 Å². The topological polar surface area (TPSA) is 44.5 Å². The minimum atomic E-state index is 0.275. The van der Waals surface area contributed by atoms with Gasteiger partial charge >= 0.3 is 0 Å². The lowest BCUT2D eigenvalue weighted by atomic mass is 9.93. The fourth-order valence-electron chi connectivity index (χ4n) is 2.36. The average molecular weight is 235 g/mol. The van der Waals surface area contributed by atoms with Gasteiger partial charge in [-0.2, -0.15) is 0 Å². The second-order valence-electron chi connectivity index (χ2n) is 4.75. The van der Waals surface area contributed by atoms with Gasteiger partial charge in [0.1, 0.15) is 11.9 Å². The van der Waals surface area contributed by atoms with Gasteiger partial charge in [0.05, 0.1) is 6.61 Å². The molecule has 0 aliphatic heterocycles. The predicted octanol–water partition coefficient (Wildman–Crippen LogP) is 2.48. The van der Waals surface area contributed by atoms with Crippen molar-refractivity contribution in [3.05, 3.63) is 29.8 Å². The summed E-state index contributed by atoms with van der Waals surface area (Å²) in [6.45, 7) is 0.626. The molecule has 0 bridgehead atoms. The Balaban J connectivity index is 1.95. The number of ether oxygens (including phenoxy) is 2. The highest BCUT2D eigenvalue weighted by molar-refractivity contribution is 5.28.